The Morgan fingerprint density at radius 1 is 1.16 bits per heavy atom. The van der Waals surface area contributed by atoms with E-state index in [1.807, 2.05) is 23.6 Å². The summed E-state index contributed by atoms with van der Waals surface area (Å²) in [6.45, 7) is 3.85. The smallest absolute Gasteiger partial charge is 0.245 e. The van der Waals surface area contributed by atoms with E-state index in [2.05, 4.69) is 25.3 Å². The lowest BCUT2D eigenvalue weighted by Gasteiger charge is -2.23. The molecule has 1 fully saturated rings. The molecule has 4 rings (SSSR count). The zero-order chi connectivity index (χ0) is 17.2. The third-order valence-corrected chi connectivity index (χ3v) is 4.37. The normalized spacial score (nSPS) is 15.4. The van der Waals surface area contributed by atoms with Crippen LogP contribution in [-0.4, -0.2) is 50.8 Å². The maximum absolute atomic E-state index is 6.08. The molecule has 8 nitrogen and oxygen atoms in total. The molecule has 0 unspecified atom stereocenters. The highest BCUT2D eigenvalue weighted by Crippen LogP contribution is 2.26. The summed E-state index contributed by atoms with van der Waals surface area (Å²) in [4.78, 5) is 17.6. The van der Waals surface area contributed by atoms with Crippen LogP contribution in [-0.2, 0) is 0 Å². The van der Waals surface area contributed by atoms with Gasteiger partial charge in [-0.1, -0.05) is 0 Å². The first kappa shape index (κ1) is 15.8. The Morgan fingerprint density at radius 2 is 2.00 bits per heavy atom. The second-order valence-electron chi connectivity index (χ2n) is 5.99. The minimum atomic E-state index is 0.161. The summed E-state index contributed by atoms with van der Waals surface area (Å²) in [6, 6.07) is 3.76. The van der Waals surface area contributed by atoms with Crippen LogP contribution in [0.4, 0.5) is 0 Å². The molecule has 0 aliphatic carbocycles. The van der Waals surface area contributed by atoms with E-state index in [0.717, 1.165) is 37.3 Å². The van der Waals surface area contributed by atoms with Crippen molar-refractivity contribution in [2.24, 2.45) is 0 Å². The molecular weight excluding hydrogens is 320 g/mol. The molecule has 1 aliphatic rings. The van der Waals surface area contributed by atoms with Gasteiger partial charge in [-0.2, -0.15) is 4.98 Å². The highest BCUT2D eigenvalue weighted by Gasteiger charge is 2.19. The van der Waals surface area contributed by atoms with Gasteiger partial charge in [0.15, 0.2) is 11.2 Å². The highest BCUT2D eigenvalue weighted by molar-refractivity contribution is 5.78. The van der Waals surface area contributed by atoms with Crippen LogP contribution in [0, 0.1) is 6.92 Å². The molecule has 130 valence electrons. The van der Waals surface area contributed by atoms with Crippen LogP contribution < -0.4 is 14.8 Å². The number of nitrogens with one attached hydrogen (secondary N) is 1. The summed E-state index contributed by atoms with van der Waals surface area (Å²) in [6.07, 6.45) is 5.34. The van der Waals surface area contributed by atoms with Crippen molar-refractivity contribution >= 4 is 11.2 Å². The van der Waals surface area contributed by atoms with Gasteiger partial charge in [-0.3, -0.25) is 4.57 Å². The molecule has 3 aromatic heterocycles. The zero-order valence-corrected chi connectivity index (χ0v) is 14.3. The van der Waals surface area contributed by atoms with E-state index in [1.165, 1.54) is 6.33 Å². The van der Waals surface area contributed by atoms with Crippen LogP contribution in [0.1, 0.15) is 18.5 Å². The molecule has 1 saturated heterocycles. The Hall–Kier alpha value is -2.74. The Balaban J connectivity index is 1.71. The first-order chi connectivity index (χ1) is 12.3. The lowest BCUT2D eigenvalue weighted by Crippen LogP contribution is -2.34. The summed E-state index contributed by atoms with van der Waals surface area (Å²) >= 11 is 0. The number of imidazole rings is 1. The van der Waals surface area contributed by atoms with Crippen molar-refractivity contribution in [2.45, 2.75) is 25.9 Å². The van der Waals surface area contributed by atoms with Gasteiger partial charge in [0.2, 0.25) is 11.8 Å². The predicted octanol–water partition coefficient (Wildman–Crippen LogP) is 1.66. The number of methoxy groups -OCH3 is 1. The molecule has 0 amide bonds. The SMILES string of the molecule is COc1ccc(-n2cnc3c(OC4CCNCC4)ncnc32)c(C)n1. The largest absolute Gasteiger partial charge is 0.481 e. The molecule has 0 radical (unpaired) electrons. The first-order valence-corrected chi connectivity index (χ1v) is 8.33. The number of rotatable bonds is 4. The van der Waals surface area contributed by atoms with Gasteiger partial charge < -0.3 is 14.8 Å². The Morgan fingerprint density at radius 3 is 2.76 bits per heavy atom. The summed E-state index contributed by atoms with van der Waals surface area (Å²) in [5.74, 6) is 1.12. The van der Waals surface area contributed by atoms with E-state index in [0.29, 0.717) is 22.9 Å². The first-order valence-electron chi connectivity index (χ1n) is 8.33. The van der Waals surface area contributed by atoms with E-state index < -0.39 is 0 Å². The van der Waals surface area contributed by atoms with E-state index in [9.17, 15) is 0 Å². The molecule has 4 heterocycles. The number of pyridine rings is 1. The number of fused-ring (bicyclic) bond motifs is 1. The molecular formula is C17H20N6O2. The minimum absolute atomic E-state index is 0.161. The van der Waals surface area contributed by atoms with Crippen LogP contribution in [0.5, 0.6) is 11.8 Å². The van der Waals surface area contributed by atoms with Crippen molar-refractivity contribution in [3.05, 3.63) is 30.5 Å². The molecule has 8 heteroatoms. The van der Waals surface area contributed by atoms with Gasteiger partial charge in [-0.25, -0.2) is 15.0 Å². The molecule has 1 aliphatic heterocycles. The Bertz CT molecular complexity index is 888. The fourth-order valence-corrected chi connectivity index (χ4v) is 3.05. The Labute approximate surface area is 145 Å². The quantitative estimate of drug-likeness (QED) is 0.773. The van der Waals surface area contributed by atoms with Gasteiger partial charge in [0, 0.05) is 6.07 Å². The van der Waals surface area contributed by atoms with Gasteiger partial charge in [-0.15, -0.1) is 0 Å². The summed E-state index contributed by atoms with van der Waals surface area (Å²) in [5, 5.41) is 3.33. The maximum Gasteiger partial charge on any atom is 0.245 e. The van der Waals surface area contributed by atoms with Crippen molar-refractivity contribution < 1.29 is 9.47 Å². The van der Waals surface area contributed by atoms with Crippen LogP contribution in [0.3, 0.4) is 0 Å². The average Bonchev–Trinajstić information content (AvgIpc) is 3.07. The number of aryl methyl sites for hydroxylation is 1. The molecule has 0 bridgehead atoms. The topological polar surface area (TPSA) is 87.0 Å². The van der Waals surface area contributed by atoms with Gasteiger partial charge in [0.05, 0.1) is 18.5 Å². The van der Waals surface area contributed by atoms with E-state index >= 15 is 0 Å². The monoisotopic (exact) mass is 340 g/mol. The Kier molecular flexibility index (Phi) is 4.19. The van der Waals surface area contributed by atoms with Crippen LogP contribution in [0.25, 0.3) is 16.9 Å². The zero-order valence-electron chi connectivity index (χ0n) is 14.3. The van der Waals surface area contributed by atoms with Gasteiger partial charge >= 0.3 is 0 Å². The summed E-state index contributed by atoms with van der Waals surface area (Å²) in [5.41, 5.74) is 3.10. The minimum Gasteiger partial charge on any atom is -0.481 e. The molecule has 0 atom stereocenters. The van der Waals surface area contributed by atoms with Crippen LogP contribution in [0.2, 0.25) is 0 Å². The summed E-state index contributed by atoms with van der Waals surface area (Å²) in [7, 11) is 1.60. The van der Waals surface area contributed by atoms with Crippen molar-refractivity contribution in [3.63, 3.8) is 0 Å². The third-order valence-electron chi connectivity index (χ3n) is 4.37. The van der Waals surface area contributed by atoms with Crippen LogP contribution in [0.15, 0.2) is 24.8 Å². The number of ether oxygens (including phenoxy) is 2. The molecule has 0 saturated carbocycles. The van der Waals surface area contributed by atoms with Gasteiger partial charge in [-0.05, 0) is 38.9 Å². The number of aromatic nitrogens is 5. The van der Waals surface area contributed by atoms with Crippen molar-refractivity contribution in [3.8, 4) is 17.4 Å². The molecule has 3 aromatic rings. The standard InChI is InChI=1S/C17H20N6O2/c1-11-13(3-4-14(22-11)24-2)23-10-21-15-16(23)19-9-20-17(15)25-12-5-7-18-8-6-12/h3-4,9-10,12,18H,5-8H2,1-2H3. The molecule has 1 N–H and O–H groups in total. The van der Waals surface area contributed by atoms with Gasteiger partial charge in [0.1, 0.15) is 18.8 Å². The van der Waals surface area contributed by atoms with Gasteiger partial charge in [0.25, 0.3) is 0 Å². The fourth-order valence-electron chi connectivity index (χ4n) is 3.05. The second-order valence-corrected chi connectivity index (χ2v) is 5.99. The third kappa shape index (κ3) is 3.00. The number of hydrogen-bond donors (Lipinski definition) is 1. The second kappa shape index (κ2) is 6.64. The molecule has 0 spiro atoms. The summed E-state index contributed by atoms with van der Waals surface area (Å²) < 4.78 is 13.2. The molecule has 0 aromatic carbocycles. The predicted molar refractivity (Wildman–Crippen MR) is 92.3 cm³/mol. The van der Waals surface area contributed by atoms with Crippen molar-refractivity contribution in [1.82, 2.24) is 29.8 Å². The van der Waals surface area contributed by atoms with Crippen molar-refractivity contribution in [2.75, 3.05) is 20.2 Å². The average molecular weight is 340 g/mol. The molecule has 25 heavy (non-hydrogen) atoms. The number of hydrogen-bond acceptors (Lipinski definition) is 7. The number of piperidine rings is 1. The number of nitrogens with zero attached hydrogens (tertiary/aromatic N) is 5. The van der Waals surface area contributed by atoms with Crippen molar-refractivity contribution in [1.29, 1.82) is 0 Å². The van der Waals surface area contributed by atoms with Crippen LogP contribution >= 0.6 is 0 Å². The van der Waals surface area contributed by atoms with E-state index in [4.69, 9.17) is 9.47 Å². The highest BCUT2D eigenvalue weighted by atomic mass is 16.5. The lowest BCUT2D eigenvalue weighted by atomic mass is 10.1. The fraction of sp³-hybridized carbons (Fsp3) is 0.412. The van der Waals surface area contributed by atoms with E-state index in [1.54, 1.807) is 13.4 Å². The van der Waals surface area contributed by atoms with E-state index in [-0.39, 0.29) is 6.10 Å². The maximum atomic E-state index is 6.08. The lowest BCUT2D eigenvalue weighted by molar-refractivity contribution is 0.158.